The van der Waals surface area contributed by atoms with Crippen molar-refractivity contribution in [3.05, 3.63) is 54.6 Å². The first-order chi connectivity index (χ1) is 9.36. The fourth-order valence-corrected chi connectivity index (χ4v) is 2.18. The molecular weight excluding hydrogens is 234 g/mol. The number of benzene rings is 1. The summed E-state index contributed by atoms with van der Waals surface area (Å²) in [6.07, 6.45) is 8.14. The van der Waals surface area contributed by atoms with Crippen LogP contribution in [0.3, 0.4) is 0 Å². The Labute approximate surface area is 115 Å². The molecule has 0 amide bonds. The molecule has 0 aliphatic carbocycles. The van der Waals surface area contributed by atoms with Gasteiger partial charge >= 0.3 is 0 Å². The van der Waals surface area contributed by atoms with Crippen molar-refractivity contribution in [2.24, 2.45) is 0 Å². The fourth-order valence-electron chi connectivity index (χ4n) is 2.18. The van der Waals surface area contributed by atoms with Crippen LogP contribution in [-0.4, -0.2) is 22.6 Å². The molecule has 0 aliphatic heterocycles. The van der Waals surface area contributed by atoms with E-state index in [9.17, 15) is 0 Å². The normalized spacial score (nSPS) is 12.5. The molecule has 0 spiro atoms. The van der Waals surface area contributed by atoms with E-state index in [0.29, 0.717) is 5.92 Å². The topological polar surface area (TPSA) is 29.9 Å². The molecule has 0 aliphatic rings. The molecule has 3 nitrogen and oxygen atoms in total. The first kappa shape index (κ1) is 13.8. The van der Waals surface area contributed by atoms with Crippen LogP contribution in [0.2, 0.25) is 0 Å². The fraction of sp³-hybridized carbons (Fsp3) is 0.438. The maximum Gasteiger partial charge on any atom is 0.0945 e. The summed E-state index contributed by atoms with van der Waals surface area (Å²) in [7, 11) is 0. The second kappa shape index (κ2) is 7.74. The lowest BCUT2D eigenvalue weighted by Gasteiger charge is -2.13. The van der Waals surface area contributed by atoms with Crippen LogP contribution in [0.5, 0.6) is 0 Å². The van der Waals surface area contributed by atoms with E-state index >= 15 is 0 Å². The Kier molecular flexibility index (Phi) is 5.63. The molecule has 1 atom stereocenters. The van der Waals surface area contributed by atoms with E-state index in [1.165, 1.54) is 18.4 Å². The zero-order valence-corrected chi connectivity index (χ0v) is 11.6. The van der Waals surface area contributed by atoms with Crippen LogP contribution >= 0.6 is 0 Å². The highest BCUT2D eigenvalue weighted by atomic mass is 15.0. The van der Waals surface area contributed by atoms with Gasteiger partial charge in [-0.1, -0.05) is 37.3 Å². The number of rotatable bonds is 8. The number of hydrogen-bond acceptors (Lipinski definition) is 2. The molecular formula is C16H23N3. The number of imidazole rings is 1. The molecule has 0 saturated carbocycles. The summed E-state index contributed by atoms with van der Waals surface area (Å²) in [5, 5.41) is 3.54. The molecule has 1 N–H and O–H groups in total. The van der Waals surface area contributed by atoms with E-state index < -0.39 is 0 Å². The third-order valence-electron chi connectivity index (χ3n) is 3.40. The van der Waals surface area contributed by atoms with E-state index in [2.05, 4.69) is 52.1 Å². The molecule has 1 unspecified atom stereocenters. The summed E-state index contributed by atoms with van der Waals surface area (Å²) in [4.78, 5) is 4.04. The van der Waals surface area contributed by atoms with Crippen LogP contribution in [0.25, 0.3) is 0 Å². The van der Waals surface area contributed by atoms with Crippen molar-refractivity contribution < 1.29 is 0 Å². The molecule has 102 valence electrons. The highest BCUT2D eigenvalue weighted by Crippen LogP contribution is 2.12. The summed E-state index contributed by atoms with van der Waals surface area (Å²) >= 11 is 0. The van der Waals surface area contributed by atoms with Gasteiger partial charge in [-0.25, -0.2) is 4.98 Å². The Balaban J connectivity index is 1.54. The van der Waals surface area contributed by atoms with Crippen molar-refractivity contribution >= 4 is 0 Å². The molecule has 19 heavy (non-hydrogen) atoms. The van der Waals surface area contributed by atoms with Crippen LogP contribution in [0.4, 0.5) is 0 Å². The number of unbranched alkanes of at least 4 members (excludes halogenated alkanes) is 1. The maximum absolute atomic E-state index is 4.04. The molecule has 1 aromatic carbocycles. The predicted octanol–water partition coefficient (Wildman–Crippen LogP) is 3.06. The number of hydrogen-bond donors (Lipinski definition) is 1. The van der Waals surface area contributed by atoms with Gasteiger partial charge in [-0.3, -0.25) is 0 Å². The van der Waals surface area contributed by atoms with Gasteiger partial charge in [-0.15, -0.1) is 0 Å². The summed E-state index contributed by atoms with van der Waals surface area (Å²) < 4.78 is 2.13. The standard InChI is InChI=1S/C16H23N3/c1-15(16-7-3-2-4-8-16)13-17-9-5-6-11-19-12-10-18-14-19/h2-4,7-8,10,12,14-15,17H,5-6,9,11,13H2,1H3. The quantitative estimate of drug-likeness (QED) is 0.737. The van der Waals surface area contributed by atoms with Crippen LogP contribution in [-0.2, 0) is 6.54 Å². The molecule has 1 heterocycles. The Bertz CT molecular complexity index is 436. The van der Waals surface area contributed by atoms with E-state index in [4.69, 9.17) is 0 Å². The zero-order chi connectivity index (χ0) is 13.3. The van der Waals surface area contributed by atoms with E-state index in [1.807, 2.05) is 18.7 Å². The molecule has 3 heteroatoms. The lowest BCUT2D eigenvalue weighted by molar-refractivity contribution is 0.549. The van der Waals surface area contributed by atoms with Crippen molar-refractivity contribution in [2.45, 2.75) is 32.2 Å². The van der Waals surface area contributed by atoms with Crippen molar-refractivity contribution in [1.29, 1.82) is 0 Å². The lowest BCUT2D eigenvalue weighted by Crippen LogP contribution is -2.21. The number of aryl methyl sites for hydroxylation is 1. The van der Waals surface area contributed by atoms with E-state index in [1.54, 1.807) is 0 Å². The largest absolute Gasteiger partial charge is 0.337 e. The second-order valence-corrected chi connectivity index (χ2v) is 5.02. The Morgan fingerprint density at radius 2 is 2.05 bits per heavy atom. The van der Waals surface area contributed by atoms with Gasteiger partial charge in [-0.05, 0) is 30.9 Å². The Hall–Kier alpha value is -1.61. The van der Waals surface area contributed by atoms with Gasteiger partial charge < -0.3 is 9.88 Å². The smallest absolute Gasteiger partial charge is 0.0945 e. The van der Waals surface area contributed by atoms with Crippen LogP contribution < -0.4 is 5.32 Å². The third kappa shape index (κ3) is 4.87. The maximum atomic E-state index is 4.04. The number of nitrogens with zero attached hydrogens (tertiary/aromatic N) is 2. The van der Waals surface area contributed by atoms with Gasteiger partial charge in [0, 0.05) is 25.5 Å². The summed E-state index contributed by atoms with van der Waals surface area (Å²) in [6, 6.07) is 10.7. The van der Waals surface area contributed by atoms with Crippen molar-refractivity contribution in [3.63, 3.8) is 0 Å². The van der Waals surface area contributed by atoms with Crippen molar-refractivity contribution in [3.8, 4) is 0 Å². The average molecular weight is 257 g/mol. The molecule has 0 fully saturated rings. The highest BCUT2D eigenvalue weighted by Gasteiger charge is 2.03. The van der Waals surface area contributed by atoms with Gasteiger partial charge in [0.1, 0.15) is 0 Å². The zero-order valence-electron chi connectivity index (χ0n) is 11.6. The third-order valence-corrected chi connectivity index (χ3v) is 3.40. The molecule has 0 saturated heterocycles. The predicted molar refractivity (Wildman–Crippen MR) is 79.2 cm³/mol. The molecule has 0 radical (unpaired) electrons. The summed E-state index contributed by atoms with van der Waals surface area (Å²) in [5.41, 5.74) is 1.41. The molecule has 1 aromatic heterocycles. The molecule has 0 bridgehead atoms. The minimum absolute atomic E-state index is 0.579. The van der Waals surface area contributed by atoms with Crippen molar-refractivity contribution in [1.82, 2.24) is 14.9 Å². The van der Waals surface area contributed by atoms with E-state index in [0.717, 1.165) is 19.6 Å². The monoisotopic (exact) mass is 257 g/mol. The van der Waals surface area contributed by atoms with Gasteiger partial charge in [0.15, 0.2) is 0 Å². The molecule has 2 rings (SSSR count). The Morgan fingerprint density at radius 3 is 2.79 bits per heavy atom. The number of aromatic nitrogens is 2. The van der Waals surface area contributed by atoms with Crippen molar-refractivity contribution in [2.75, 3.05) is 13.1 Å². The Morgan fingerprint density at radius 1 is 1.21 bits per heavy atom. The van der Waals surface area contributed by atoms with Crippen LogP contribution in [0.1, 0.15) is 31.2 Å². The highest BCUT2D eigenvalue weighted by molar-refractivity contribution is 5.18. The van der Waals surface area contributed by atoms with Gasteiger partial charge in [0.25, 0.3) is 0 Å². The first-order valence-electron chi connectivity index (χ1n) is 7.07. The minimum Gasteiger partial charge on any atom is -0.337 e. The number of nitrogens with one attached hydrogen (secondary N) is 1. The first-order valence-corrected chi connectivity index (χ1v) is 7.07. The summed E-state index contributed by atoms with van der Waals surface area (Å²) in [6.45, 7) is 5.48. The van der Waals surface area contributed by atoms with Crippen LogP contribution in [0, 0.1) is 0 Å². The van der Waals surface area contributed by atoms with Gasteiger partial charge in [-0.2, -0.15) is 0 Å². The average Bonchev–Trinajstić information content (AvgIpc) is 2.96. The van der Waals surface area contributed by atoms with Gasteiger partial charge in [0.2, 0.25) is 0 Å². The second-order valence-electron chi connectivity index (χ2n) is 5.02. The van der Waals surface area contributed by atoms with Gasteiger partial charge in [0.05, 0.1) is 6.33 Å². The summed E-state index contributed by atoms with van der Waals surface area (Å²) in [5.74, 6) is 0.579. The minimum atomic E-state index is 0.579. The lowest BCUT2D eigenvalue weighted by atomic mass is 10.0. The van der Waals surface area contributed by atoms with Crippen LogP contribution in [0.15, 0.2) is 49.1 Å². The van der Waals surface area contributed by atoms with E-state index in [-0.39, 0.29) is 0 Å². The SMILES string of the molecule is CC(CNCCCCn1ccnc1)c1ccccc1. The molecule has 2 aromatic rings.